The first-order valence-corrected chi connectivity index (χ1v) is 6.70. The maximum absolute atomic E-state index is 12.1. The fraction of sp³-hybridized carbons (Fsp3) is 0.429. The molecule has 0 spiro atoms. The summed E-state index contributed by atoms with van der Waals surface area (Å²) < 4.78 is 10.7. The molecule has 0 aliphatic rings. The second-order valence-corrected chi connectivity index (χ2v) is 4.17. The van der Waals surface area contributed by atoms with Crippen molar-refractivity contribution in [3.63, 3.8) is 0 Å². The minimum absolute atomic E-state index is 0.244. The molecule has 0 aliphatic heterocycles. The van der Waals surface area contributed by atoms with Gasteiger partial charge in [0.2, 0.25) is 0 Å². The third-order valence-corrected chi connectivity index (χ3v) is 2.82. The molecule has 0 bridgehead atoms. The van der Waals surface area contributed by atoms with Crippen molar-refractivity contribution in [2.75, 3.05) is 19.8 Å². The number of ether oxygens (including phenoxy) is 2. The number of rotatable bonds is 7. The van der Waals surface area contributed by atoms with Crippen molar-refractivity contribution in [1.82, 2.24) is 15.5 Å². The van der Waals surface area contributed by atoms with Gasteiger partial charge in [0.25, 0.3) is 5.91 Å². The molecule has 1 amide bonds. The summed E-state index contributed by atoms with van der Waals surface area (Å²) in [5, 5.41) is 10.5. The van der Waals surface area contributed by atoms with E-state index in [2.05, 4.69) is 15.5 Å². The number of nitrogens with one attached hydrogen (secondary N) is 2. The lowest BCUT2D eigenvalue weighted by Crippen LogP contribution is -2.35. The minimum Gasteiger partial charge on any atom is -0.351 e. The van der Waals surface area contributed by atoms with Gasteiger partial charge in [-0.05, 0) is 19.9 Å². The molecule has 20 heavy (non-hydrogen) atoms. The minimum atomic E-state index is -0.431. The highest BCUT2D eigenvalue weighted by atomic mass is 16.7. The molecule has 1 heterocycles. The number of amides is 1. The zero-order valence-electron chi connectivity index (χ0n) is 11.7. The number of hydrogen-bond acceptors (Lipinski definition) is 4. The Labute approximate surface area is 117 Å². The van der Waals surface area contributed by atoms with Gasteiger partial charge in [0, 0.05) is 18.6 Å². The molecule has 6 heteroatoms. The van der Waals surface area contributed by atoms with Crippen molar-refractivity contribution < 1.29 is 14.3 Å². The van der Waals surface area contributed by atoms with E-state index in [4.69, 9.17) is 9.47 Å². The third-order valence-electron chi connectivity index (χ3n) is 2.82. The molecule has 1 aromatic carbocycles. The fourth-order valence-electron chi connectivity index (χ4n) is 1.93. The lowest BCUT2D eigenvalue weighted by molar-refractivity contribution is -0.131. The summed E-state index contributed by atoms with van der Waals surface area (Å²) in [5.74, 6) is -0.244. The van der Waals surface area contributed by atoms with Crippen LogP contribution in [0.2, 0.25) is 0 Å². The summed E-state index contributed by atoms with van der Waals surface area (Å²) in [7, 11) is 0. The molecule has 0 atom stereocenters. The van der Waals surface area contributed by atoms with Gasteiger partial charge in [0.15, 0.2) is 12.0 Å². The Morgan fingerprint density at radius 2 is 2.00 bits per heavy atom. The number of carbonyl (C=O) groups is 1. The van der Waals surface area contributed by atoms with Gasteiger partial charge < -0.3 is 14.8 Å². The monoisotopic (exact) mass is 277 g/mol. The number of benzene rings is 1. The highest BCUT2D eigenvalue weighted by Gasteiger charge is 2.15. The molecule has 2 N–H and O–H groups in total. The van der Waals surface area contributed by atoms with Crippen molar-refractivity contribution in [2.24, 2.45) is 0 Å². The smallest absolute Gasteiger partial charge is 0.272 e. The highest BCUT2D eigenvalue weighted by molar-refractivity contribution is 6.04. The average Bonchev–Trinajstić information content (AvgIpc) is 2.89. The predicted molar refractivity (Wildman–Crippen MR) is 75.5 cm³/mol. The van der Waals surface area contributed by atoms with Crippen LogP contribution in [0.15, 0.2) is 24.3 Å². The number of carbonyl (C=O) groups excluding carboxylic acids is 1. The van der Waals surface area contributed by atoms with Gasteiger partial charge >= 0.3 is 0 Å². The Morgan fingerprint density at radius 1 is 1.30 bits per heavy atom. The summed E-state index contributed by atoms with van der Waals surface area (Å²) in [6.07, 6.45) is -0.431. The largest absolute Gasteiger partial charge is 0.351 e. The number of fused-ring (bicyclic) bond motifs is 1. The maximum Gasteiger partial charge on any atom is 0.272 e. The molecule has 2 aromatic rings. The first-order valence-electron chi connectivity index (χ1n) is 6.70. The first-order chi connectivity index (χ1) is 9.76. The van der Waals surface area contributed by atoms with E-state index in [1.165, 1.54) is 0 Å². The Hall–Kier alpha value is -1.92. The number of nitrogens with zero attached hydrogens (tertiary/aromatic N) is 1. The summed E-state index contributed by atoms with van der Waals surface area (Å²) >= 11 is 0. The molecule has 0 aliphatic carbocycles. The van der Waals surface area contributed by atoms with Gasteiger partial charge in [-0.1, -0.05) is 18.2 Å². The van der Waals surface area contributed by atoms with Crippen molar-refractivity contribution >= 4 is 16.8 Å². The van der Waals surface area contributed by atoms with Crippen LogP contribution in [-0.4, -0.2) is 42.2 Å². The van der Waals surface area contributed by atoms with Crippen LogP contribution < -0.4 is 5.32 Å². The standard InChI is InChI=1S/C14H19N3O3/c1-3-19-12(20-4-2)9-15-14(18)13-10-7-5-6-8-11(10)16-17-13/h5-8,12H,3-4,9H2,1-2H3,(H,15,18)(H,16,17). The summed E-state index contributed by atoms with van der Waals surface area (Å²) in [6.45, 7) is 5.13. The van der Waals surface area contributed by atoms with Gasteiger partial charge in [-0.25, -0.2) is 0 Å². The average molecular weight is 277 g/mol. The zero-order valence-corrected chi connectivity index (χ0v) is 11.7. The van der Waals surface area contributed by atoms with E-state index in [0.29, 0.717) is 25.5 Å². The van der Waals surface area contributed by atoms with E-state index in [-0.39, 0.29) is 5.91 Å². The van der Waals surface area contributed by atoms with E-state index in [1.807, 2.05) is 38.1 Å². The molecule has 2 rings (SSSR count). The van der Waals surface area contributed by atoms with E-state index >= 15 is 0 Å². The Kier molecular flexibility index (Phi) is 5.09. The summed E-state index contributed by atoms with van der Waals surface area (Å²) in [5.41, 5.74) is 1.22. The van der Waals surface area contributed by atoms with Crippen LogP contribution in [0.4, 0.5) is 0 Å². The lowest BCUT2D eigenvalue weighted by Gasteiger charge is -2.16. The van der Waals surface area contributed by atoms with Gasteiger partial charge in [0.05, 0.1) is 12.1 Å². The predicted octanol–water partition coefficient (Wildman–Crippen LogP) is 1.69. The molecule has 6 nitrogen and oxygen atoms in total. The van der Waals surface area contributed by atoms with Crippen molar-refractivity contribution in [3.8, 4) is 0 Å². The highest BCUT2D eigenvalue weighted by Crippen LogP contribution is 2.14. The van der Waals surface area contributed by atoms with Crippen molar-refractivity contribution in [3.05, 3.63) is 30.0 Å². The maximum atomic E-state index is 12.1. The second kappa shape index (κ2) is 7.02. The summed E-state index contributed by atoms with van der Waals surface area (Å²) in [4.78, 5) is 12.1. The van der Waals surface area contributed by atoms with E-state index in [0.717, 1.165) is 10.9 Å². The van der Waals surface area contributed by atoms with Gasteiger partial charge in [-0.2, -0.15) is 5.10 Å². The molecule has 0 saturated carbocycles. The van der Waals surface area contributed by atoms with Crippen molar-refractivity contribution in [2.45, 2.75) is 20.1 Å². The molecule has 0 unspecified atom stereocenters. The molecular formula is C14H19N3O3. The zero-order chi connectivity index (χ0) is 14.4. The normalized spacial score (nSPS) is 11.2. The molecule has 1 aromatic heterocycles. The van der Waals surface area contributed by atoms with Crippen LogP contribution >= 0.6 is 0 Å². The Bertz CT molecular complexity index is 562. The fourth-order valence-corrected chi connectivity index (χ4v) is 1.93. The molecule has 0 radical (unpaired) electrons. The SMILES string of the molecule is CCOC(CNC(=O)c1n[nH]c2ccccc12)OCC. The van der Waals surface area contributed by atoms with Crippen LogP contribution in [0.25, 0.3) is 10.9 Å². The first kappa shape index (κ1) is 14.5. The van der Waals surface area contributed by atoms with Crippen LogP contribution in [0.3, 0.4) is 0 Å². The topological polar surface area (TPSA) is 76.2 Å². The van der Waals surface area contributed by atoms with Gasteiger partial charge in [0.1, 0.15) is 0 Å². The number of para-hydroxylation sites is 1. The second-order valence-electron chi connectivity index (χ2n) is 4.17. The van der Waals surface area contributed by atoms with E-state index in [9.17, 15) is 4.79 Å². The van der Waals surface area contributed by atoms with Crippen LogP contribution in [0.1, 0.15) is 24.3 Å². The quantitative estimate of drug-likeness (QED) is 0.755. The summed E-state index contributed by atoms with van der Waals surface area (Å²) in [6, 6.07) is 7.50. The number of hydrogen-bond donors (Lipinski definition) is 2. The van der Waals surface area contributed by atoms with Crippen LogP contribution in [0.5, 0.6) is 0 Å². The third kappa shape index (κ3) is 3.34. The van der Waals surface area contributed by atoms with E-state index in [1.54, 1.807) is 0 Å². The Morgan fingerprint density at radius 3 is 2.70 bits per heavy atom. The lowest BCUT2D eigenvalue weighted by atomic mass is 10.2. The number of H-pyrrole nitrogens is 1. The van der Waals surface area contributed by atoms with Crippen LogP contribution in [0, 0.1) is 0 Å². The molecular weight excluding hydrogens is 258 g/mol. The van der Waals surface area contributed by atoms with Gasteiger partial charge in [-0.3, -0.25) is 9.89 Å². The van der Waals surface area contributed by atoms with Crippen LogP contribution in [-0.2, 0) is 9.47 Å². The van der Waals surface area contributed by atoms with Crippen molar-refractivity contribution in [1.29, 1.82) is 0 Å². The molecule has 0 fully saturated rings. The molecule has 0 saturated heterocycles. The Balaban J connectivity index is 2.01. The molecule has 108 valence electrons. The van der Waals surface area contributed by atoms with Gasteiger partial charge in [-0.15, -0.1) is 0 Å². The number of aromatic amines is 1. The number of aromatic nitrogens is 2. The van der Waals surface area contributed by atoms with E-state index < -0.39 is 6.29 Å².